The molecule has 4 aliphatic rings. The summed E-state index contributed by atoms with van der Waals surface area (Å²) in [6, 6.07) is 17.7. The maximum Gasteiger partial charge on any atom is 0.328 e. The highest BCUT2D eigenvalue weighted by Crippen LogP contribution is 2.64. The molecule has 2 aliphatic carbocycles. The minimum Gasteiger partial charge on any atom is -0.491 e. The second-order valence-electron chi connectivity index (χ2n) is 12.4. The van der Waals surface area contributed by atoms with E-state index in [2.05, 4.69) is 5.43 Å². The van der Waals surface area contributed by atoms with E-state index in [4.69, 9.17) is 22.1 Å². The molecule has 246 valence electrons. The zero-order chi connectivity index (χ0) is 33.9. The van der Waals surface area contributed by atoms with Crippen molar-refractivity contribution in [2.24, 2.45) is 29.4 Å². The first kappa shape index (κ1) is 31.5. The standard InChI is InChI=1S/C35H30ClFN4O7/c36-20-5-3-19(4-6-20)35-27(31(44)41(33(35)46)39-22-9-7-21(37)8-10-22)17-26-24(29(35)18-1-11-23(12-2-18)48-16-15-42)13-14-25-28(26)32(45)40(30(25)43)34(38)47/h1-13,25-29,39,42H,14-17H2,(H2,38,47)/t25-,26+,27-,28-,29-,35+/m0/s1. The monoisotopic (exact) mass is 672 g/mol. The Morgan fingerprint density at radius 3 is 2.29 bits per heavy atom. The van der Waals surface area contributed by atoms with Crippen LogP contribution in [0.25, 0.3) is 0 Å². The summed E-state index contributed by atoms with van der Waals surface area (Å²) < 4.78 is 19.3. The quantitative estimate of drug-likeness (QED) is 0.252. The number of hydrogen-bond acceptors (Lipinski definition) is 8. The third kappa shape index (κ3) is 4.69. The normalized spacial score (nSPS) is 27.7. The largest absolute Gasteiger partial charge is 0.491 e. The molecule has 6 atom stereocenters. The van der Waals surface area contributed by atoms with Crippen LogP contribution in [-0.4, -0.2) is 57.9 Å². The van der Waals surface area contributed by atoms with Crippen LogP contribution in [0.4, 0.5) is 14.9 Å². The molecule has 0 aromatic heterocycles. The lowest BCUT2D eigenvalue weighted by molar-refractivity contribution is -0.139. The second kappa shape index (κ2) is 11.9. The van der Waals surface area contributed by atoms with Crippen molar-refractivity contribution in [2.45, 2.75) is 24.2 Å². The van der Waals surface area contributed by atoms with E-state index in [1.54, 1.807) is 48.5 Å². The minimum absolute atomic E-state index is 0.0155. The molecule has 0 spiro atoms. The summed E-state index contributed by atoms with van der Waals surface area (Å²) >= 11 is 6.30. The number of halogens is 2. The second-order valence-corrected chi connectivity index (χ2v) is 12.8. The SMILES string of the molecule is NC(=O)N1C(=O)[C@H]2[C@H](CC=C3[C@H]2C[C@H]2C(=O)N(Nc4ccc(F)cc4)C(=O)[C@@]2(c2ccc(Cl)cc2)[C@H]3c2ccc(OCCO)cc2)C1=O. The molecule has 13 heteroatoms. The van der Waals surface area contributed by atoms with Gasteiger partial charge >= 0.3 is 6.03 Å². The first-order chi connectivity index (χ1) is 23.1. The molecule has 4 N–H and O–H groups in total. The van der Waals surface area contributed by atoms with E-state index < -0.39 is 70.5 Å². The van der Waals surface area contributed by atoms with Crippen LogP contribution >= 0.6 is 11.6 Å². The summed E-state index contributed by atoms with van der Waals surface area (Å²) in [5.41, 5.74) is 8.93. The number of aliphatic hydroxyl groups excluding tert-OH is 1. The van der Waals surface area contributed by atoms with Crippen molar-refractivity contribution in [1.82, 2.24) is 9.91 Å². The Morgan fingerprint density at radius 1 is 0.958 bits per heavy atom. The molecule has 7 rings (SSSR count). The number of anilines is 1. The van der Waals surface area contributed by atoms with Crippen molar-refractivity contribution >= 4 is 46.9 Å². The van der Waals surface area contributed by atoms with Crippen molar-refractivity contribution in [3.8, 4) is 5.75 Å². The number of nitrogens with two attached hydrogens (primary N) is 1. The number of amides is 6. The Labute approximate surface area is 279 Å². The number of benzene rings is 3. The average Bonchev–Trinajstić information content (AvgIpc) is 3.46. The molecule has 3 aromatic rings. The number of nitrogens with one attached hydrogen (secondary N) is 1. The fraction of sp³-hybridized carbons (Fsp3) is 0.286. The molecule has 3 fully saturated rings. The first-order valence-electron chi connectivity index (χ1n) is 15.4. The van der Waals surface area contributed by atoms with Crippen LogP contribution in [0.15, 0.2) is 84.4 Å². The number of urea groups is 1. The maximum absolute atomic E-state index is 15.0. The Bertz CT molecular complexity index is 1870. The number of imide groups is 4. The number of hydrogen-bond donors (Lipinski definition) is 3. The van der Waals surface area contributed by atoms with Crippen LogP contribution in [-0.2, 0) is 24.6 Å². The van der Waals surface area contributed by atoms with E-state index in [1.165, 1.54) is 24.3 Å². The predicted molar refractivity (Wildman–Crippen MR) is 169 cm³/mol. The highest BCUT2D eigenvalue weighted by atomic mass is 35.5. The summed E-state index contributed by atoms with van der Waals surface area (Å²) in [4.78, 5) is 69.2. The number of primary amides is 1. The van der Waals surface area contributed by atoms with Gasteiger partial charge in [0.25, 0.3) is 11.8 Å². The van der Waals surface area contributed by atoms with E-state index in [1.807, 2.05) is 6.08 Å². The van der Waals surface area contributed by atoms with Gasteiger partial charge in [-0.1, -0.05) is 47.5 Å². The molecule has 2 saturated heterocycles. The summed E-state index contributed by atoms with van der Waals surface area (Å²) in [7, 11) is 0. The fourth-order valence-corrected chi connectivity index (χ4v) is 8.29. The average molecular weight is 673 g/mol. The van der Waals surface area contributed by atoms with E-state index in [0.29, 0.717) is 38.1 Å². The number of likely N-dealkylation sites (tertiary alicyclic amines) is 1. The first-order valence-corrected chi connectivity index (χ1v) is 15.8. The van der Waals surface area contributed by atoms with E-state index in [-0.39, 0.29) is 26.1 Å². The lowest BCUT2D eigenvalue weighted by Gasteiger charge is -2.50. The summed E-state index contributed by atoms with van der Waals surface area (Å²) in [5.74, 6) is -6.94. The highest BCUT2D eigenvalue weighted by Gasteiger charge is 2.70. The zero-order valence-electron chi connectivity index (χ0n) is 25.3. The zero-order valence-corrected chi connectivity index (χ0v) is 26.1. The Kier molecular flexibility index (Phi) is 7.80. The van der Waals surface area contributed by atoms with Gasteiger partial charge in [-0.25, -0.2) is 9.18 Å². The number of rotatable bonds is 7. The van der Waals surface area contributed by atoms with Gasteiger partial charge in [0.2, 0.25) is 11.8 Å². The van der Waals surface area contributed by atoms with E-state index >= 15 is 4.79 Å². The molecule has 2 aliphatic heterocycles. The topological polar surface area (TPSA) is 159 Å². The Morgan fingerprint density at radius 2 is 1.65 bits per heavy atom. The predicted octanol–water partition coefficient (Wildman–Crippen LogP) is 3.91. The summed E-state index contributed by atoms with van der Waals surface area (Å²) in [6.07, 6.45) is 1.99. The van der Waals surface area contributed by atoms with Crippen LogP contribution in [0.2, 0.25) is 5.02 Å². The van der Waals surface area contributed by atoms with Gasteiger partial charge in [0.1, 0.15) is 18.2 Å². The van der Waals surface area contributed by atoms with Gasteiger partial charge < -0.3 is 15.6 Å². The van der Waals surface area contributed by atoms with Gasteiger partial charge in [0, 0.05) is 10.9 Å². The number of fused-ring (bicyclic) bond motifs is 4. The minimum atomic E-state index is -1.55. The molecule has 11 nitrogen and oxygen atoms in total. The Balaban J connectivity index is 1.43. The molecule has 3 aromatic carbocycles. The molecule has 0 bridgehead atoms. The Hall–Kier alpha value is -5.07. The number of hydrazine groups is 1. The summed E-state index contributed by atoms with van der Waals surface area (Å²) in [5, 5.41) is 10.6. The van der Waals surface area contributed by atoms with Crippen LogP contribution in [0.3, 0.4) is 0 Å². The lowest BCUT2D eigenvalue weighted by atomic mass is 9.49. The molecular formula is C35H30ClFN4O7. The number of carbonyl (C=O) groups is 5. The number of aliphatic hydroxyl groups is 1. The third-order valence-electron chi connectivity index (χ3n) is 10.1. The third-order valence-corrected chi connectivity index (χ3v) is 10.3. The maximum atomic E-state index is 15.0. The van der Waals surface area contributed by atoms with Crippen LogP contribution in [0.1, 0.15) is 29.9 Å². The highest BCUT2D eigenvalue weighted by molar-refractivity contribution is 6.30. The van der Waals surface area contributed by atoms with Crippen molar-refractivity contribution in [3.05, 3.63) is 106 Å². The van der Waals surface area contributed by atoms with Gasteiger partial charge in [-0.2, -0.15) is 9.91 Å². The fourth-order valence-electron chi connectivity index (χ4n) is 8.17. The van der Waals surface area contributed by atoms with E-state index in [0.717, 1.165) is 5.01 Å². The number of nitrogens with zero attached hydrogens (tertiary/aromatic N) is 2. The van der Waals surface area contributed by atoms with Gasteiger partial charge in [-0.15, -0.1) is 0 Å². The van der Waals surface area contributed by atoms with Gasteiger partial charge in [0.15, 0.2) is 0 Å². The van der Waals surface area contributed by atoms with Crippen LogP contribution in [0.5, 0.6) is 5.75 Å². The molecular weight excluding hydrogens is 643 g/mol. The lowest BCUT2D eigenvalue weighted by Crippen LogP contribution is -2.53. The smallest absolute Gasteiger partial charge is 0.328 e. The van der Waals surface area contributed by atoms with Gasteiger partial charge in [-0.3, -0.25) is 24.6 Å². The van der Waals surface area contributed by atoms with Crippen molar-refractivity contribution in [1.29, 1.82) is 0 Å². The molecule has 1 saturated carbocycles. The number of allylic oxidation sites excluding steroid dienone is 2. The van der Waals surface area contributed by atoms with Crippen LogP contribution in [0, 0.1) is 29.5 Å². The van der Waals surface area contributed by atoms with Gasteiger partial charge in [-0.05, 0) is 78.4 Å². The van der Waals surface area contributed by atoms with Gasteiger partial charge in [0.05, 0.1) is 35.5 Å². The number of ether oxygens (including phenoxy) is 1. The summed E-state index contributed by atoms with van der Waals surface area (Å²) in [6.45, 7) is -0.120. The van der Waals surface area contributed by atoms with E-state index in [9.17, 15) is 28.7 Å². The van der Waals surface area contributed by atoms with Crippen molar-refractivity contribution < 1.29 is 38.2 Å². The van der Waals surface area contributed by atoms with Crippen molar-refractivity contribution in [2.75, 3.05) is 18.6 Å². The van der Waals surface area contributed by atoms with Crippen LogP contribution < -0.4 is 15.9 Å². The molecule has 2 heterocycles. The number of carbonyl (C=O) groups excluding carboxylic acids is 5. The molecule has 48 heavy (non-hydrogen) atoms. The molecule has 6 amide bonds. The molecule has 0 radical (unpaired) electrons. The molecule has 0 unspecified atom stereocenters. The van der Waals surface area contributed by atoms with Crippen molar-refractivity contribution in [3.63, 3.8) is 0 Å².